The summed E-state index contributed by atoms with van der Waals surface area (Å²) in [6.07, 6.45) is 3.39. The molecule has 0 bridgehead atoms. The van der Waals surface area contributed by atoms with E-state index in [1.54, 1.807) is 0 Å². The Labute approximate surface area is 52.0 Å². The van der Waals surface area contributed by atoms with Crippen molar-refractivity contribution in [3.63, 3.8) is 0 Å². The second-order valence-corrected chi connectivity index (χ2v) is 2.78. The quantitative estimate of drug-likeness (QED) is 0.377. The van der Waals surface area contributed by atoms with Gasteiger partial charge in [0.05, 0.1) is 0 Å². The molecule has 0 amide bonds. The molecule has 0 atom stereocenters. The van der Waals surface area contributed by atoms with E-state index < -0.39 is 0 Å². The normalized spacial score (nSPS) is 9.62. The molecule has 8 heavy (non-hydrogen) atoms. The minimum Gasteiger partial charge on any atom is -0.245 e. The van der Waals surface area contributed by atoms with Crippen LogP contribution in [0.3, 0.4) is 0 Å². The lowest BCUT2D eigenvalue weighted by atomic mass is 10.1. The molecule has 0 spiro atoms. The van der Waals surface area contributed by atoms with Crippen LogP contribution in [0, 0.1) is 5.92 Å². The topological polar surface area (TPSA) is 3.01 Å². The first-order chi connectivity index (χ1) is 3.63. The van der Waals surface area contributed by atoms with Crippen LogP contribution in [0.25, 0.3) is 0 Å². The first-order valence-electron chi connectivity index (χ1n) is 3.12. The molecule has 1 nitrogen and oxygen atoms in total. The molecule has 0 aromatic rings. The van der Waals surface area contributed by atoms with E-state index in [-0.39, 0.29) is 0 Å². The van der Waals surface area contributed by atoms with Crippen LogP contribution in [0.15, 0.2) is 0 Å². The van der Waals surface area contributed by atoms with Crippen LogP contribution in [0.1, 0.15) is 20.3 Å². The third-order valence-corrected chi connectivity index (χ3v) is 0.942. The summed E-state index contributed by atoms with van der Waals surface area (Å²) in [4.78, 5) is 0. The zero-order valence-electron chi connectivity index (χ0n) is 6.31. The van der Waals surface area contributed by atoms with Gasteiger partial charge in [0, 0.05) is 6.42 Å². The fourth-order valence-electron chi connectivity index (χ4n) is 0.422. The molecule has 0 radical (unpaired) electrons. The third kappa shape index (κ3) is 5.67. The molecule has 0 saturated heterocycles. The molecule has 0 aliphatic carbocycles. The van der Waals surface area contributed by atoms with Crippen molar-refractivity contribution in [1.82, 2.24) is 0 Å². The summed E-state index contributed by atoms with van der Waals surface area (Å²) in [5.74, 6) is 0.789. The van der Waals surface area contributed by atoms with Crippen molar-refractivity contribution < 1.29 is 4.58 Å². The van der Waals surface area contributed by atoms with Gasteiger partial charge in [0.15, 0.2) is 0 Å². The number of hydrogen-bond donors (Lipinski definition) is 0. The van der Waals surface area contributed by atoms with Gasteiger partial charge in [-0.05, 0) is 5.92 Å². The average Bonchev–Trinajstić information content (AvgIpc) is 1.61. The average molecular weight is 114 g/mol. The van der Waals surface area contributed by atoms with E-state index in [9.17, 15) is 0 Å². The lowest BCUT2D eigenvalue weighted by Crippen LogP contribution is -2.00. The Balaban J connectivity index is 3.29. The van der Waals surface area contributed by atoms with Gasteiger partial charge in [-0.25, -0.2) is 4.58 Å². The molecule has 0 aromatic carbocycles. The van der Waals surface area contributed by atoms with Crippen molar-refractivity contribution in [2.45, 2.75) is 20.3 Å². The first kappa shape index (κ1) is 7.67. The van der Waals surface area contributed by atoms with Gasteiger partial charge >= 0.3 is 0 Å². The van der Waals surface area contributed by atoms with Gasteiger partial charge in [0.2, 0.25) is 0 Å². The second-order valence-electron chi connectivity index (χ2n) is 2.78. The van der Waals surface area contributed by atoms with Crippen molar-refractivity contribution in [3.05, 3.63) is 0 Å². The summed E-state index contributed by atoms with van der Waals surface area (Å²) >= 11 is 0. The molecule has 0 heterocycles. The summed E-state index contributed by atoms with van der Waals surface area (Å²) in [5, 5.41) is 0. The molecule has 0 aliphatic heterocycles. The lowest BCUT2D eigenvalue weighted by Gasteiger charge is -1.93. The van der Waals surface area contributed by atoms with Crippen LogP contribution in [0.4, 0.5) is 0 Å². The van der Waals surface area contributed by atoms with Gasteiger partial charge in [0.1, 0.15) is 20.3 Å². The largest absolute Gasteiger partial charge is 0.245 e. The predicted molar refractivity (Wildman–Crippen MR) is 37.6 cm³/mol. The molecule has 0 aliphatic rings. The van der Waals surface area contributed by atoms with E-state index in [2.05, 4.69) is 38.7 Å². The van der Waals surface area contributed by atoms with Crippen LogP contribution >= 0.6 is 0 Å². The Morgan fingerprint density at radius 1 is 1.38 bits per heavy atom. The molecule has 0 saturated carbocycles. The minimum absolute atomic E-state index is 0.789. The van der Waals surface area contributed by atoms with Gasteiger partial charge in [0.25, 0.3) is 0 Å². The highest BCUT2D eigenvalue weighted by Crippen LogP contribution is 1.93. The van der Waals surface area contributed by atoms with Crippen molar-refractivity contribution in [2.75, 3.05) is 14.1 Å². The fourth-order valence-corrected chi connectivity index (χ4v) is 0.422. The van der Waals surface area contributed by atoms with Crippen LogP contribution in [-0.4, -0.2) is 24.9 Å². The summed E-state index contributed by atoms with van der Waals surface area (Å²) in [6, 6.07) is 0. The molecule has 0 fully saturated rings. The Morgan fingerprint density at radius 2 is 1.88 bits per heavy atom. The standard InChI is InChI=1S/C7H16N/c1-7(2)5-6-8(3)4/h6-7H,5H2,1-4H3/q+1. The molecule has 0 rings (SSSR count). The van der Waals surface area contributed by atoms with E-state index in [4.69, 9.17) is 0 Å². The third-order valence-electron chi connectivity index (χ3n) is 0.942. The summed E-state index contributed by atoms with van der Waals surface area (Å²) in [5.41, 5.74) is 0. The van der Waals surface area contributed by atoms with E-state index in [1.807, 2.05) is 0 Å². The van der Waals surface area contributed by atoms with Crippen molar-refractivity contribution in [2.24, 2.45) is 5.92 Å². The highest BCUT2D eigenvalue weighted by atomic mass is 14.9. The molecule has 1 heteroatoms. The Kier molecular flexibility index (Phi) is 3.49. The molecule has 48 valence electrons. The van der Waals surface area contributed by atoms with Gasteiger partial charge in [-0.15, -0.1) is 0 Å². The monoisotopic (exact) mass is 114 g/mol. The second kappa shape index (κ2) is 3.65. The molecule has 0 N–H and O–H groups in total. The highest BCUT2D eigenvalue weighted by molar-refractivity contribution is 5.51. The van der Waals surface area contributed by atoms with Crippen LogP contribution in [-0.2, 0) is 0 Å². The maximum atomic E-state index is 2.22. The zero-order valence-corrected chi connectivity index (χ0v) is 6.31. The molecule has 0 aromatic heterocycles. The summed E-state index contributed by atoms with van der Waals surface area (Å²) in [7, 11) is 4.12. The Hall–Kier alpha value is -0.330. The van der Waals surface area contributed by atoms with Gasteiger partial charge in [-0.3, -0.25) is 0 Å². The minimum atomic E-state index is 0.789. The highest BCUT2D eigenvalue weighted by Gasteiger charge is 1.90. The Bertz CT molecular complexity index is 78.4. The van der Waals surface area contributed by atoms with Gasteiger partial charge in [-0.1, -0.05) is 13.8 Å². The van der Waals surface area contributed by atoms with Gasteiger partial charge in [-0.2, -0.15) is 0 Å². The fraction of sp³-hybridized carbons (Fsp3) is 0.857. The molecule has 0 unspecified atom stereocenters. The van der Waals surface area contributed by atoms with Crippen molar-refractivity contribution >= 4 is 6.21 Å². The molecular formula is C7H16N+. The van der Waals surface area contributed by atoms with Crippen LogP contribution in [0.5, 0.6) is 0 Å². The summed E-state index contributed by atoms with van der Waals surface area (Å²) in [6.45, 7) is 4.44. The molecular weight excluding hydrogens is 98.1 g/mol. The SMILES string of the molecule is CC(C)CC=[N+](C)C. The zero-order chi connectivity index (χ0) is 6.57. The maximum absolute atomic E-state index is 2.22. The Morgan fingerprint density at radius 3 is 2.00 bits per heavy atom. The maximum Gasteiger partial charge on any atom is 0.139 e. The van der Waals surface area contributed by atoms with E-state index in [0.29, 0.717) is 0 Å². The number of rotatable bonds is 2. The smallest absolute Gasteiger partial charge is 0.139 e. The van der Waals surface area contributed by atoms with E-state index >= 15 is 0 Å². The van der Waals surface area contributed by atoms with Gasteiger partial charge < -0.3 is 0 Å². The lowest BCUT2D eigenvalue weighted by molar-refractivity contribution is -0.460. The van der Waals surface area contributed by atoms with Crippen molar-refractivity contribution in [3.8, 4) is 0 Å². The van der Waals surface area contributed by atoms with E-state index in [1.165, 1.54) is 6.42 Å². The predicted octanol–water partition coefficient (Wildman–Crippen LogP) is 1.38. The van der Waals surface area contributed by atoms with Crippen LogP contribution in [0.2, 0.25) is 0 Å². The van der Waals surface area contributed by atoms with Crippen molar-refractivity contribution in [1.29, 1.82) is 0 Å². The van der Waals surface area contributed by atoms with Crippen LogP contribution < -0.4 is 0 Å². The number of nitrogens with zero attached hydrogens (tertiary/aromatic N) is 1. The first-order valence-corrected chi connectivity index (χ1v) is 3.12. The number of hydrogen-bond acceptors (Lipinski definition) is 0. The summed E-state index contributed by atoms with van der Waals surface area (Å²) < 4.78 is 2.10. The van der Waals surface area contributed by atoms with E-state index in [0.717, 1.165) is 5.92 Å².